The topological polar surface area (TPSA) is 36.3 Å². The number of rotatable bonds is 5. The first-order valence-corrected chi connectivity index (χ1v) is 8.24. The molecule has 0 N–H and O–H groups in total. The van der Waals surface area contributed by atoms with Gasteiger partial charge in [0.25, 0.3) is 0 Å². The third-order valence-corrected chi connectivity index (χ3v) is 4.95. The lowest BCUT2D eigenvalue weighted by Gasteiger charge is -2.31. The summed E-state index contributed by atoms with van der Waals surface area (Å²) in [6.07, 6.45) is 8.16. The van der Waals surface area contributed by atoms with Crippen LogP contribution in [-0.2, 0) is 0 Å². The second-order valence-corrected chi connectivity index (χ2v) is 6.28. The van der Waals surface area contributed by atoms with Crippen molar-refractivity contribution in [1.82, 2.24) is 4.90 Å². The Bertz CT molecular complexity index is 508. The van der Waals surface area contributed by atoms with Gasteiger partial charge in [-0.3, -0.25) is 4.90 Å². The van der Waals surface area contributed by atoms with Gasteiger partial charge in [0.05, 0.1) is 18.2 Å². The van der Waals surface area contributed by atoms with E-state index >= 15 is 0 Å². The molecule has 1 aliphatic carbocycles. The van der Waals surface area contributed by atoms with E-state index in [1.54, 1.807) is 6.07 Å². The van der Waals surface area contributed by atoms with E-state index in [9.17, 15) is 0 Å². The summed E-state index contributed by atoms with van der Waals surface area (Å²) in [4.78, 5) is 2.68. The van der Waals surface area contributed by atoms with Crippen molar-refractivity contribution in [3.05, 3.63) is 29.8 Å². The molecule has 1 aromatic carbocycles. The average Bonchev–Trinajstić information content (AvgIpc) is 2.95. The first kappa shape index (κ1) is 14.4. The van der Waals surface area contributed by atoms with Crippen LogP contribution >= 0.6 is 0 Å². The first-order valence-electron chi connectivity index (χ1n) is 8.24. The smallest absolute Gasteiger partial charge is 0.120 e. The summed E-state index contributed by atoms with van der Waals surface area (Å²) in [6, 6.07) is 10.4. The molecule has 0 amide bonds. The Kier molecular flexibility index (Phi) is 4.77. The molecule has 2 unspecified atom stereocenters. The van der Waals surface area contributed by atoms with Crippen LogP contribution in [0.3, 0.4) is 0 Å². The molecule has 21 heavy (non-hydrogen) atoms. The van der Waals surface area contributed by atoms with Crippen LogP contribution in [0.4, 0.5) is 0 Å². The zero-order valence-electron chi connectivity index (χ0n) is 12.6. The second-order valence-electron chi connectivity index (χ2n) is 6.28. The van der Waals surface area contributed by atoms with Gasteiger partial charge in [-0.15, -0.1) is 0 Å². The van der Waals surface area contributed by atoms with Crippen molar-refractivity contribution in [3.63, 3.8) is 0 Å². The van der Waals surface area contributed by atoms with Gasteiger partial charge in [-0.25, -0.2) is 0 Å². The second kappa shape index (κ2) is 6.95. The highest BCUT2D eigenvalue weighted by atomic mass is 16.5. The highest BCUT2D eigenvalue weighted by Crippen LogP contribution is 2.35. The molecule has 1 aliphatic heterocycles. The molecule has 2 aliphatic rings. The molecule has 0 spiro atoms. The average molecular weight is 284 g/mol. The van der Waals surface area contributed by atoms with Gasteiger partial charge in [0.2, 0.25) is 0 Å². The Hall–Kier alpha value is -1.53. The minimum Gasteiger partial charge on any atom is -0.494 e. The summed E-state index contributed by atoms with van der Waals surface area (Å²) < 4.78 is 5.77. The van der Waals surface area contributed by atoms with Gasteiger partial charge in [-0.1, -0.05) is 18.9 Å². The molecule has 1 saturated carbocycles. The van der Waals surface area contributed by atoms with E-state index in [-0.39, 0.29) is 0 Å². The van der Waals surface area contributed by atoms with E-state index in [2.05, 4.69) is 11.0 Å². The molecule has 3 nitrogen and oxygen atoms in total. The lowest BCUT2D eigenvalue weighted by molar-refractivity contribution is 0.170. The third-order valence-electron chi connectivity index (χ3n) is 4.95. The minimum atomic E-state index is 0.664. The SMILES string of the molecule is N#Cc1cccc(OCCCN2CCC3CCCCC32)c1. The highest BCUT2D eigenvalue weighted by Gasteiger charge is 2.34. The van der Waals surface area contributed by atoms with Crippen LogP contribution < -0.4 is 4.74 Å². The van der Waals surface area contributed by atoms with Gasteiger partial charge < -0.3 is 4.74 Å². The number of nitriles is 1. The summed E-state index contributed by atoms with van der Waals surface area (Å²) in [6.45, 7) is 3.17. The van der Waals surface area contributed by atoms with Crippen molar-refractivity contribution in [2.75, 3.05) is 19.7 Å². The monoisotopic (exact) mass is 284 g/mol. The van der Waals surface area contributed by atoms with Crippen molar-refractivity contribution < 1.29 is 4.74 Å². The van der Waals surface area contributed by atoms with Crippen LogP contribution in [-0.4, -0.2) is 30.6 Å². The summed E-state index contributed by atoms with van der Waals surface area (Å²) in [7, 11) is 0. The standard InChI is InChI=1S/C18H24N2O/c19-14-15-5-3-7-17(13-15)21-12-4-10-20-11-9-16-6-1-2-8-18(16)20/h3,5,7,13,16,18H,1-2,4,6,8-12H2. The normalized spacial score (nSPS) is 25.3. The van der Waals surface area contributed by atoms with Crippen molar-refractivity contribution >= 4 is 0 Å². The van der Waals surface area contributed by atoms with E-state index in [1.807, 2.05) is 18.2 Å². The molecule has 1 aromatic rings. The van der Waals surface area contributed by atoms with E-state index < -0.39 is 0 Å². The summed E-state index contributed by atoms with van der Waals surface area (Å²) >= 11 is 0. The number of nitrogens with zero attached hydrogens (tertiary/aromatic N) is 2. The Labute approximate surface area is 127 Å². The van der Waals surface area contributed by atoms with Crippen LogP contribution in [0.2, 0.25) is 0 Å². The molecule has 3 heteroatoms. The maximum atomic E-state index is 8.87. The predicted octanol–water partition coefficient (Wildman–Crippen LogP) is 3.59. The van der Waals surface area contributed by atoms with Gasteiger partial charge >= 0.3 is 0 Å². The Morgan fingerprint density at radius 2 is 2.14 bits per heavy atom. The molecule has 2 atom stereocenters. The maximum absolute atomic E-state index is 8.87. The van der Waals surface area contributed by atoms with Crippen LogP contribution in [0.1, 0.15) is 44.1 Å². The van der Waals surface area contributed by atoms with Gasteiger partial charge in [0.15, 0.2) is 0 Å². The fourth-order valence-corrected chi connectivity index (χ4v) is 3.89. The maximum Gasteiger partial charge on any atom is 0.120 e. The highest BCUT2D eigenvalue weighted by molar-refractivity contribution is 5.36. The zero-order valence-corrected chi connectivity index (χ0v) is 12.6. The molecule has 3 rings (SSSR count). The Morgan fingerprint density at radius 1 is 1.24 bits per heavy atom. The minimum absolute atomic E-state index is 0.664. The van der Waals surface area contributed by atoms with E-state index in [4.69, 9.17) is 10.00 Å². The largest absolute Gasteiger partial charge is 0.494 e. The fraction of sp³-hybridized carbons (Fsp3) is 0.611. The van der Waals surface area contributed by atoms with E-state index in [0.717, 1.165) is 37.3 Å². The number of ether oxygens (including phenoxy) is 1. The van der Waals surface area contributed by atoms with Crippen LogP contribution in [0.25, 0.3) is 0 Å². The van der Waals surface area contributed by atoms with Crippen LogP contribution in [0, 0.1) is 17.2 Å². The third kappa shape index (κ3) is 3.57. The van der Waals surface area contributed by atoms with Crippen molar-refractivity contribution in [2.24, 2.45) is 5.92 Å². The number of hydrogen-bond acceptors (Lipinski definition) is 3. The van der Waals surface area contributed by atoms with Crippen LogP contribution in [0.15, 0.2) is 24.3 Å². The van der Waals surface area contributed by atoms with Crippen molar-refractivity contribution in [1.29, 1.82) is 5.26 Å². The van der Waals surface area contributed by atoms with Gasteiger partial charge in [0.1, 0.15) is 5.75 Å². The molecule has 0 radical (unpaired) electrons. The number of benzene rings is 1. The molecular formula is C18H24N2O. The van der Waals surface area contributed by atoms with Gasteiger partial charge in [0, 0.05) is 12.6 Å². The first-order chi connectivity index (χ1) is 10.4. The van der Waals surface area contributed by atoms with Crippen LogP contribution in [0.5, 0.6) is 5.75 Å². The number of fused-ring (bicyclic) bond motifs is 1. The van der Waals surface area contributed by atoms with Gasteiger partial charge in [-0.05, 0) is 56.3 Å². The molecule has 2 fully saturated rings. The van der Waals surface area contributed by atoms with Gasteiger partial charge in [-0.2, -0.15) is 5.26 Å². The number of likely N-dealkylation sites (tertiary alicyclic amines) is 1. The summed E-state index contributed by atoms with van der Waals surface area (Å²) in [5.41, 5.74) is 0.664. The Morgan fingerprint density at radius 3 is 3.05 bits per heavy atom. The molecule has 1 saturated heterocycles. The summed E-state index contributed by atoms with van der Waals surface area (Å²) in [5, 5.41) is 8.87. The fourth-order valence-electron chi connectivity index (χ4n) is 3.89. The Balaban J connectivity index is 1.41. The van der Waals surface area contributed by atoms with E-state index in [1.165, 1.54) is 38.6 Å². The predicted molar refractivity (Wildman–Crippen MR) is 83.2 cm³/mol. The lowest BCUT2D eigenvalue weighted by Crippen LogP contribution is -2.35. The molecular weight excluding hydrogens is 260 g/mol. The quantitative estimate of drug-likeness (QED) is 0.775. The molecule has 1 heterocycles. The zero-order chi connectivity index (χ0) is 14.5. The lowest BCUT2D eigenvalue weighted by atomic mass is 9.85. The molecule has 112 valence electrons. The summed E-state index contributed by atoms with van der Waals surface area (Å²) in [5.74, 6) is 1.78. The van der Waals surface area contributed by atoms with Crippen molar-refractivity contribution in [3.8, 4) is 11.8 Å². The molecule has 0 bridgehead atoms. The van der Waals surface area contributed by atoms with Crippen molar-refractivity contribution in [2.45, 2.75) is 44.6 Å². The van der Waals surface area contributed by atoms with E-state index in [0.29, 0.717) is 5.56 Å². The number of hydrogen-bond donors (Lipinski definition) is 0. The molecule has 0 aromatic heterocycles.